The quantitative estimate of drug-likeness (QED) is 0.628. The zero-order valence-electron chi connectivity index (χ0n) is 7.22. The first-order valence-corrected chi connectivity index (χ1v) is 4.11. The standard InChI is InChI=1S/C7H15ClN2O/c1-9-6(4-5-8)7(11)10(2)3/h6,9H,4-5H2,1-3H3/t6-/m0/s1. The third kappa shape index (κ3) is 3.58. The molecule has 66 valence electrons. The van der Waals surface area contributed by atoms with Crippen molar-refractivity contribution in [1.29, 1.82) is 0 Å². The molecule has 1 N–H and O–H groups in total. The lowest BCUT2D eigenvalue weighted by molar-refractivity contribution is -0.130. The number of nitrogens with zero attached hydrogens (tertiary/aromatic N) is 1. The summed E-state index contributed by atoms with van der Waals surface area (Å²) in [5, 5.41) is 2.91. The monoisotopic (exact) mass is 178 g/mol. The van der Waals surface area contributed by atoms with Gasteiger partial charge in [0.05, 0.1) is 6.04 Å². The molecule has 0 aliphatic rings. The van der Waals surface area contributed by atoms with Crippen molar-refractivity contribution in [3.63, 3.8) is 0 Å². The molecule has 0 spiro atoms. The fourth-order valence-electron chi connectivity index (χ4n) is 0.812. The van der Waals surface area contributed by atoms with E-state index < -0.39 is 0 Å². The van der Waals surface area contributed by atoms with E-state index in [-0.39, 0.29) is 11.9 Å². The SMILES string of the molecule is CN[C@@H](CCCl)C(=O)N(C)C. The first-order chi connectivity index (χ1) is 5.13. The van der Waals surface area contributed by atoms with Crippen LogP contribution in [0.5, 0.6) is 0 Å². The van der Waals surface area contributed by atoms with Crippen LogP contribution in [0.3, 0.4) is 0 Å². The van der Waals surface area contributed by atoms with E-state index >= 15 is 0 Å². The smallest absolute Gasteiger partial charge is 0.239 e. The lowest BCUT2D eigenvalue weighted by Crippen LogP contribution is -2.42. The van der Waals surface area contributed by atoms with Crippen LogP contribution in [0.4, 0.5) is 0 Å². The summed E-state index contributed by atoms with van der Waals surface area (Å²) in [6.07, 6.45) is 0.676. The van der Waals surface area contributed by atoms with E-state index in [0.717, 1.165) is 0 Å². The highest BCUT2D eigenvalue weighted by molar-refractivity contribution is 6.18. The highest BCUT2D eigenvalue weighted by atomic mass is 35.5. The summed E-state index contributed by atoms with van der Waals surface area (Å²) < 4.78 is 0. The van der Waals surface area contributed by atoms with Gasteiger partial charge < -0.3 is 10.2 Å². The van der Waals surface area contributed by atoms with Gasteiger partial charge in [0.15, 0.2) is 0 Å². The minimum absolute atomic E-state index is 0.0770. The molecular weight excluding hydrogens is 164 g/mol. The second-order valence-electron chi connectivity index (χ2n) is 2.55. The van der Waals surface area contributed by atoms with Gasteiger partial charge in [-0.25, -0.2) is 0 Å². The summed E-state index contributed by atoms with van der Waals surface area (Å²) in [5.41, 5.74) is 0. The zero-order valence-corrected chi connectivity index (χ0v) is 7.98. The van der Waals surface area contributed by atoms with E-state index in [9.17, 15) is 4.79 Å². The number of carbonyl (C=O) groups is 1. The Hall–Kier alpha value is -0.280. The summed E-state index contributed by atoms with van der Waals surface area (Å²) in [7, 11) is 5.24. The number of nitrogens with one attached hydrogen (secondary N) is 1. The van der Waals surface area contributed by atoms with Crippen molar-refractivity contribution < 1.29 is 4.79 Å². The molecule has 0 bridgehead atoms. The first kappa shape index (κ1) is 10.7. The molecule has 1 amide bonds. The molecule has 0 unspecified atom stereocenters. The van der Waals surface area contributed by atoms with Crippen LogP contribution in [0.1, 0.15) is 6.42 Å². The maximum absolute atomic E-state index is 11.3. The molecule has 0 aromatic carbocycles. The number of hydrogen-bond acceptors (Lipinski definition) is 2. The molecule has 11 heavy (non-hydrogen) atoms. The lowest BCUT2D eigenvalue weighted by Gasteiger charge is -2.18. The second-order valence-corrected chi connectivity index (χ2v) is 2.93. The highest BCUT2D eigenvalue weighted by Gasteiger charge is 2.16. The number of carbonyl (C=O) groups excluding carboxylic acids is 1. The van der Waals surface area contributed by atoms with E-state index in [1.807, 2.05) is 0 Å². The van der Waals surface area contributed by atoms with Crippen LogP contribution in [-0.4, -0.2) is 43.9 Å². The van der Waals surface area contributed by atoms with Crippen LogP contribution in [0.25, 0.3) is 0 Å². The predicted octanol–water partition coefficient (Wildman–Crippen LogP) is 0.291. The Morgan fingerprint density at radius 1 is 1.64 bits per heavy atom. The fraction of sp³-hybridized carbons (Fsp3) is 0.857. The highest BCUT2D eigenvalue weighted by Crippen LogP contribution is 1.97. The lowest BCUT2D eigenvalue weighted by atomic mass is 10.2. The van der Waals surface area contributed by atoms with Gasteiger partial charge in [-0.05, 0) is 13.5 Å². The summed E-state index contributed by atoms with van der Waals surface area (Å²) in [6.45, 7) is 0. The van der Waals surface area contributed by atoms with Crippen molar-refractivity contribution >= 4 is 17.5 Å². The largest absolute Gasteiger partial charge is 0.347 e. The van der Waals surface area contributed by atoms with E-state index in [2.05, 4.69) is 5.32 Å². The van der Waals surface area contributed by atoms with Crippen LogP contribution in [-0.2, 0) is 4.79 Å². The molecule has 0 aromatic heterocycles. The molecule has 0 aliphatic heterocycles. The summed E-state index contributed by atoms with van der Waals surface area (Å²) >= 11 is 5.51. The predicted molar refractivity (Wildman–Crippen MR) is 46.9 cm³/mol. The Morgan fingerprint density at radius 3 is 2.45 bits per heavy atom. The number of rotatable bonds is 4. The maximum atomic E-state index is 11.3. The zero-order chi connectivity index (χ0) is 8.85. The Labute approximate surface area is 72.7 Å². The van der Waals surface area contributed by atoms with Crippen molar-refractivity contribution in [3.05, 3.63) is 0 Å². The third-order valence-corrected chi connectivity index (χ3v) is 1.70. The molecule has 0 saturated carbocycles. The second kappa shape index (κ2) is 5.38. The van der Waals surface area contributed by atoms with E-state index in [4.69, 9.17) is 11.6 Å². The first-order valence-electron chi connectivity index (χ1n) is 3.58. The molecule has 0 rings (SSSR count). The van der Waals surface area contributed by atoms with Crippen LogP contribution in [0.2, 0.25) is 0 Å². The Bertz CT molecular complexity index is 128. The van der Waals surface area contributed by atoms with Gasteiger partial charge in [-0.3, -0.25) is 4.79 Å². The fourth-order valence-corrected chi connectivity index (χ4v) is 1.03. The Kier molecular flexibility index (Phi) is 5.24. The van der Waals surface area contributed by atoms with Crippen molar-refractivity contribution in [1.82, 2.24) is 10.2 Å². The maximum Gasteiger partial charge on any atom is 0.239 e. The minimum atomic E-state index is -0.137. The van der Waals surface area contributed by atoms with Crippen LogP contribution >= 0.6 is 11.6 Å². The number of amides is 1. The van der Waals surface area contributed by atoms with Crippen molar-refractivity contribution in [2.24, 2.45) is 0 Å². The van der Waals surface area contributed by atoms with Gasteiger partial charge in [0.25, 0.3) is 0 Å². The normalized spacial score (nSPS) is 12.7. The summed E-state index contributed by atoms with van der Waals surface area (Å²) in [6, 6.07) is -0.137. The van der Waals surface area contributed by atoms with Crippen molar-refractivity contribution in [2.45, 2.75) is 12.5 Å². The molecule has 4 heteroatoms. The van der Waals surface area contributed by atoms with Gasteiger partial charge in [0.2, 0.25) is 5.91 Å². The minimum Gasteiger partial charge on any atom is -0.347 e. The number of likely N-dealkylation sites (N-methyl/N-ethyl adjacent to an activating group) is 2. The molecule has 0 radical (unpaired) electrons. The van der Waals surface area contributed by atoms with Gasteiger partial charge in [-0.1, -0.05) is 0 Å². The molecule has 0 heterocycles. The Morgan fingerprint density at radius 2 is 2.18 bits per heavy atom. The average Bonchev–Trinajstić information content (AvgIpc) is 1.98. The number of hydrogen-bond donors (Lipinski definition) is 1. The molecule has 0 fully saturated rings. The van der Waals surface area contributed by atoms with E-state index in [0.29, 0.717) is 12.3 Å². The molecule has 0 aromatic rings. The van der Waals surface area contributed by atoms with Crippen LogP contribution < -0.4 is 5.32 Å². The van der Waals surface area contributed by atoms with Crippen LogP contribution in [0, 0.1) is 0 Å². The third-order valence-electron chi connectivity index (χ3n) is 1.49. The molecule has 3 nitrogen and oxygen atoms in total. The van der Waals surface area contributed by atoms with Crippen molar-refractivity contribution in [2.75, 3.05) is 27.0 Å². The number of alkyl halides is 1. The van der Waals surface area contributed by atoms with Gasteiger partial charge in [-0.2, -0.15) is 0 Å². The Balaban J connectivity index is 3.92. The van der Waals surface area contributed by atoms with E-state index in [1.165, 1.54) is 0 Å². The van der Waals surface area contributed by atoms with Gasteiger partial charge in [0, 0.05) is 20.0 Å². The molecule has 1 atom stereocenters. The molecule has 0 saturated heterocycles. The van der Waals surface area contributed by atoms with Gasteiger partial charge >= 0.3 is 0 Å². The topological polar surface area (TPSA) is 32.3 Å². The van der Waals surface area contributed by atoms with Crippen molar-refractivity contribution in [3.8, 4) is 0 Å². The van der Waals surface area contributed by atoms with E-state index in [1.54, 1.807) is 26.0 Å². The van der Waals surface area contributed by atoms with Crippen LogP contribution in [0.15, 0.2) is 0 Å². The summed E-state index contributed by atoms with van der Waals surface area (Å²) in [5.74, 6) is 0.582. The average molecular weight is 179 g/mol. The number of halogens is 1. The van der Waals surface area contributed by atoms with Gasteiger partial charge in [-0.15, -0.1) is 11.6 Å². The summed E-state index contributed by atoms with van der Waals surface area (Å²) in [4.78, 5) is 12.8. The molecule has 0 aliphatic carbocycles. The molecular formula is C7H15ClN2O. The van der Waals surface area contributed by atoms with Gasteiger partial charge in [0.1, 0.15) is 0 Å².